The van der Waals surface area contributed by atoms with Gasteiger partial charge in [0.05, 0.1) is 11.8 Å². The van der Waals surface area contributed by atoms with Crippen molar-refractivity contribution >= 4 is 23.3 Å². The van der Waals surface area contributed by atoms with E-state index in [1.807, 2.05) is 0 Å². The number of hydrogen-bond acceptors (Lipinski definition) is 6. The van der Waals surface area contributed by atoms with Crippen molar-refractivity contribution in [3.63, 3.8) is 0 Å². The Bertz CT molecular complexity index is 754. The lowest BCUT2D eigenvalue weighted by Gasteiger charge is -2.36. The van der Waals surface area contributed by atoms with E-state index in [0.29, 0.717) is 5.92 Å². The molecule has 0 aliphatic carbocycles. The van der Waals surface area contributed by atoms with Crippen molar-refractivity contribution in [2.75, 3.05) is 18.4 Å². The third kappa shape index (κ3) is 3.66. The summed E-state index contributed by atoms with van der Waals surface area (Å²) >= 11 is 1.66. The van der Waals surface area contributed by atoms with E-state index in [-0.39, 0.29) is 6.10 Å². The summed E-state index contributed by atoms with van der Waals surface area (Å²) in [6, 6.07) is 6.59. The fourth-order valence-corrected chi connectivity index (χ4v) is 4.61. The van der Waals surface area contributed by atoms with Gasteiger partial charge >= 0.3 is 0 Å². The van der Waals surface area contributed by atoms with Gasteiger partial charge in [0, 0.05) is 36.9 Å². The van der Waals surface area contributed by atoms with Crippen LogP contribution >= 0.6 is 11.8 Å². The minimum Gasteiger partial charge on any atom is -0.393 e. The molecule has 2 aliphatic heterocycles. The Hall–Kier alpha value is -1.63. The summed E-state index contributed by atoms with van der Waals surface area (Å²) in [6.45, 7) is 5.08. The highest BCUT2D eigenvalue weighted by Crippen LogP contribution is 2.42. The summed E-state index contributed by atoms with van der Waals surface area (Å²) in [7, 11) is 0. The molecule has 0 saturated carbocycles. The quantitative estimate of drug-likeness (QED) is 0.744. The third-order valence-electron chi connectivity index (χ3n) is 5.01. The topological polar surface area (TPSA) is 61.3 Å². The number of likely N-dealkylation sites (tertiary alicyclic amines) is 1. The number of anilines is 2. The molecule has 2 aromatic rings. The minimum atomic E-state index is -0.132. The summed E-state index contributed by atoms with van der Waals surface area (Å²) in [5.41, 5.74) is 2.41. The highest BCUT2D eigenvalue weighted by atomic mass is 32.2. The lowest BCUT2D eigenvalue weighted by atomic mass is 9.90. The van der Waals surface area contributed by atoms with E-state index in [1.54, 1.807) is 24.2 Å². The first-order valence-corrected chi connectivity index (χ1v) is 9.84. The van der Waals surface area contributed by atoms with E-state index >= 15 is 0 Å². The molecule has 0 amide bonds. The molecule has 0 spiro atoms. The van der Waals surface area contributed by atoms with Crippen LogP contribution < -0.4 is 5.32 Å². The fraction of sp³-hybridized carbons (Fsp3) is 0.474. The van der Waals surface area contributed by atoms with Crippen molar-refractivity contribution in [1.82, 2.24) is 14.9 Å². The van der Waals surface area contributed by atoms with Crippen molar-refractivity contribution in [3.8, 4) is 0 Å². The predicted octanol–water partition coefficient (Wildman–Crippen LogP) is 3.67. The molecule has 1 saturated heterocycles. The maximum absolute atomic E-state index is 10.2. The molecule has 2 aliphatic rings. The minimum absolute atomic E-state index is 0.132. The number of nitrogens with zero attached hydrogens (tertiary/aromatic N) is 3. The smallest absolute Gasteiger partial charge is 0.163 e. The van der Waals surface area contributed by atoms with E-state index in [4.69, 9.17) is 0 Å². The number of benzene rings is 1. The lowest BCUT2D eigenvalue weighted by molar-refractivity contribution is 0.0197. The van der Waals surface area contributed by atoms with Gasteiger partial charge in [0.15, 0.2) is 5.82 Å². The highest BCUT2D eigenvalue weighted by Gasteiger charge is 2.27. The summed E-state index contributed by atoms with van der Waals surface area (Å²) in [4.78, 5) is 12.4. The predicted molar refractivity (Wildman–Crippen MR) is 100 cm³/mol. The second-order valence-electron chi connectivity index (χ2n) is 6.91. The van der Waals surface area contributed by atoms with E-state index in [0.717, 1.165) is 55.4 Å². The molecule has 2 atom stereocenters. The largest absolute Gasteiger partial charge is 0.393 e. The molecule has 5 nitrogen and oxygen atoms in total. The average Bonchev–Trinajstić information content (AvgIpc) is 2.63. The van der Waals surface area contributed by atoms with Crippen molar-refractivity contribution in [3.05, 3.63) is 36.2 Å². The van der Waals surface area contributed by atoms with Crippen LogP contribution in [0, 0.1) is 5.92 Å². The summed E-state index contributed by atoms with van der Waals surface area (Å²) in [6.07, 6.45) is 6.43. The zero-order valence-electron chi connectivity index (χ0n) is 14.5. The Morgan fingerprint density at radius 2 is 2.20 bits per heavy atom. The fourth-order valence-electron chi connectivity index (χ4n) is 3.73. The van der Waals surface area contributed by atoms with Gasteiger partial charge in [0.2, 0.25) is 0 Å². The first kappa shape index (κ1) is 16.8. The van der Waals surface area contributed by atoms with Crippen LogP contribution in [0.3, 0.4) is 0 Å². The Kier molecular flexibility index (Phi) is 4.92. The van der Waals surface area contributed by atoms with Gasteiger partial charge in [-0.05, 0) is 36.5 Å². The van der Waals surface area contributed by atoms with Crippen LogP contribution in [0.2, 0.25) is 0 Å². The molecule has 6 heteroatoms. The molecule has 0 radical (unpaired) electrons. The molecule has 4 rings (SSSR count). The van der Waals surface area contributed by atoms with Crippen molar-refractivity contribution in [2.24, 2.45) is 5.92 Å². The second-order valence-corrected chi connectivity index (χ2v) is 7.94. The molecule has 1 fully saturated rings. The lowest BCUT2D eigenvalue weighted by Crippen LogP contribution is -2.42. The van der Waals surface area contributed by atoms with E-state index in [2.05, 4.69) is 45.3 Å². The Morgan fingerprint density at radius 3 is 3.08 bits per heavy atom. The zero-order chi connectivity index (χ0) is 17.2. The number of fused-ring (bicyclic) bond motifs is 2. The monoisotopic (exact) mass is 356 g/mol. The van der Waals surface area contributed by atoms with Gasteiger partial charge in [-0.25, -0.2) is 9.97 Å². The van der Waals surface area contributed by atoms with Gasteiger partial charge in [-0.2, -0.15) is 0 Å². The van der Waals surface area contributed by atoms with E-state index in [1.165, 1.54) is 10.5 Å². The molecule has 1 aromatic carbocycles. The van der Waals surface area contributed by atoms with Crippen LogP contribution in [0.5, 0.6) is 0 Å². The van der Waals surface area contributed by atoms with Crippen LogP contribution in [-0.2, 0) is 6.54 Å². The van der Waals surface area contributed by atoms with Gasteiger partial charge in [0.1, 0.15) is 5.03 Å². The molecule has 2 unspecified atom stereocenters. The van der Waals surface area contributed by atoms with Crippen molar-refractivity contribution in [2.45, 2.75) is 48.8 Å². The molecular weight excluding hydrogens is 332 g/mol. The number of rotatable bonds is 4. The first-order valence-electron chi connectivity index (χ1n) is 9.02. The maximum Gasteiger partial charge on any atom is 0.163 e. The van der Waals surface area contributed by atoms with Crippen LogP contribution in [0.4, 0.5) is 11.5 Å². The molecule has 3 heterocycles. The van der Waals surface area contributed by atoms with Crippen LogP contribution in [-0.4, -0.2) is 39.2 Å². The summed E-state index contributed by atoms with van der Waals surface area (Å²) in [5.74, 6) is 1.24. The number of piperidine rings is 1. The molecular formula is C19H24N4OS. The number of nitrogens with one attached hydrogen (secondary N) is 1. The number of hydrogen-bond donors (Lipinski definition) is 2. The maximum atomic E-state index is 10.2. The van der Waals surface area contributed by atoms with Crippen molar-refractivity contribution < 1.29 is 5.11 Å². The Labute approximate surface area is 152 Å². The number of aliphatic hydroxyl groups excluding tert-OH is 1. The Morgan fingerprint density at radius 1 is 1.32 bits per heavy atom. The third-order valence-corrected chi connectivity index (χ3v) is 6.08. The molecule has 132 valence electrons. The van der Waals surface area contributed by atoms with Gasteiger partial charge in [-0.3, -0.25) is 4.90 Å². The summed E-state index contributed by atoms with van der Waals surface area (Å²) in [5, 5.41) is 14.5. The second kappa shape index (κ2) is 7.32. The standard InChI is InChI=1S/C19H24N4OS/c1-2-3-14-12-23(9-6-16(14)24)11-13-4-5-17-15(10-13)22-18-19(25-17)21-8-7-20-18/h4-5,7-8,10,14,16,24H,2-3,6,9,11-12H2,1H3,(H,20,22). The van der Waals surface area contributed by atoms with E-state index < -0.39 is 0 Å². The zero-order valence-corrected chi connectivity index (χ0v) is 15.3. The Balaban J connectivity index is 1.46. The van der Waals surface area contributed by atoms with Crippen LogP contribution in [0.25, 0.3) is 0 Å². The summed E-state index contributed by atoms with van der Waals surface area (Å²) < 4.78 is 0. The first-order chi connectivity index (χ1) is 12.2. The normalized spacial score (nSPS) is 22.8. The SMILES string of the molecule is CCCC1CN(Cc2ccc3c(c2)Nc2nccnc2S3)CCC1O. The van der Waals surface area contributed by atoms with Crippen LogP contribution in [0.15, 0.2) is 40.5 Å². The van der Waals surface area contributed by atoms with Crippen molar-refractivity contribution in [1.29, 1.82) is 0 Å². The molecule has 0 bridgehead atoms. The van der Waals surface area contributed by atoms with Gasteiger partial charge < -0.3 is 10.4 Å². The van der Waals surface area contributed by atoms with Gasteiger partial charge in [-0.15, -0.1) is 0 Å². The van der Waals surface area contributed by atoms with E-state index in [9.17, 15) is 5.11 Å². The molecule has 2 N–H and O–H groups in total. The van der Waals surface area contributed by atoms with Gasteiger partial charge in [-0.1, -0.05) is 31.2 Å². The average molecular weight is 356 g/mol. The molecule has 1 aromatic heterocycles. The van der Waals surface area contributed by atoms with Gasteiger partial charge in [0.25, 0.3) is 0 Å². The number of aromatic nitrogens is 2. The van der Waals surface area contributed by atoms with Crippen LogP contribution in [0.1, 0.15) is 31.7 Å². The molecule has 25 heavy (non-hydrogen) atoms. The number of aliphatic hydroxyl groups is 1. The highest BCUT2D eigenvalue weighted by molar-refractivity contribution is 7.99.